The topological polar surface area (TPSA) is 66.6 Å². The van der Waals surface area contributed by atoms with Gasteiger partial charge in [-0.15, -0.1) is 0 Å². The molecule has 15 heavy (non-hydrogen) atoms. The van der Waals surface area contributed by atoms with Gasteiger partial charge in [0.15, 0.2) is 0 Å². The van der Waals surface area contributed by atoms with Gasteiger partial charge in [-0.1, -0.05) is 0 Å². The number of hydrogen-bond donors (Lipinski definition) is 2. The van der Waals surface area contributed by atoms with Crippen molar-refractivity contribution in [3.63, 3.8) is 0 Å². The lowest BCUT2D eigenvalue weighted by Gasteiger charge is -2.36. The molecule has 0 radical (unpaired) electrons. The molecule has 2 atom stereocenters. The van der Waals surface area contributed by atoms with E-state index in [2.05, 4.69) is 4.90 Å². The third kappa shape index (κ3) is 2.32. The minimum absolute atomic E-state index is 0.0554. The van der Waals surface area contributed by atoms with Crippen molar-refractivity contribution in [2.45, 2.75) is 44.2 Å². The van der Waals surface area contributed by atoms with E-state index in [0.717, 1.165) is 45.2 Å². The average Bonchev–Trinajstić information content (AvgIpc) is 2.65. The van der Waals surface area contributed by atoms with Gasteiger partial charge < -0.3 is 10.8 Å². The molecule has 0 aromatic rings. The summed E-state index contributed by atoms with van der Waals surface area (Å²) in [7, 11) is 0. The molecule has 1 aliphatic carbocycles. The number of hydrogen-bond acceptors (Lipinski definition) is 3. The highest BCUT2D eigenvalue weighted by Gasteiger charge is 2.33. The van der Waals surface area contributed by atoms with Crippen molar-refractivity contribution in [1.29, 1.82) is 0 Å². The standard InChI is InChI=1S/C11H20N2O2/c12-11(15)8-4-6-13(7-5-8)9-2-1-3-10(9)14/h8-10,14H,1-7H2,(H2,12,15)/t9-,10-/m0/s1. The van der Waals surface area contributed by atoms with E-state index in [0.29, 0.717) is 6.04 Å². The number of carbonyl (C=O) groups is 1. The number of nitrogens with two attached hydrogens (primary N) is 1. The third-order valence-electron chi connectivity index (χ3n) is 3.84. The van der Waals surface area contributed by atoms with E-state index < -0.39 is 0 Å². The van der Waals surface area contributed by atoms with E-state index in [1.165, 1.54) is 0 Å². The number of carbonyl (C=O) groups excluding carboxylic acids is 1. The largest absolute Gasteiger partial charge is 0.391 e. The van der Waals surface area contributed by atoms with Gasteiger partial charge in [-0.3, -0.25) is 9.69 Å². The molecule has 0 aromatic heterocycles. The molecule has 1 amide bonds. The Morgan fingerprint density at radius 2 is 1.87 bits per heavy atom. The van der Waals surface area contributed by atoms with Crippen LogP contribution in [0.15, 0.2) is 0 Å². The van der Waals surface area contributed by atoms with Gasteiger partial charge in [0, 0.05) is 12.0 Å². The molecule has 0 spiro atoms. The average molecular weight is 212 g/mol. The Balaban J connectivity index is 1.85. The van der Waals surface area contributed by atoms with Crippen molar-refractivity contribution >= 4 is 5.91 Å². The minimum atomic E-state index is -0.165. The molecular weight excluding hydrogens is 192 g/mol. The van der Waals surface area contributed by atoms with E-state index in [9.17, 15) is 9.90 Å². The number of aliphatic hydroxyl groups is 1. The van der Waals surface area contributed by atoms with Gasteiger partial charge in [0.05, 0.1) is 6.10 Å². The Hall–Kier alpha value is -0.610. The van der Waals surface area contributed by atoms with Crippen LogP contribution in [0.25, 0.3) is 0 Å². The Morgan fingerprint density at radius 1 is 1.20 bits per heavy atom. The Bertz CT molecular complexity index is 237. The molecule has 0 bridgehead atoms. The number of piperidine rings is 1. The molecule has 2 aliphatic rings. The van der Waals surface area contributed by atoms with Crippen molar-refractivity contribution in [3.05, 3.63) is 0 Å². The fourth-order valence-corrected chi connectivity index (χ4v) is 2.86. The first kappa shape index (κ1) is 10.9. The summed E-state index contributed by atoms with van der Waals surface area (Å²) < 4.78 is 0. The van der Waals surface area contributed by atoms with Crippen LogP contribution in [0.2, 0.25) is 0 Å². The van der Waals surface area contributed by atoms with E-state index in [-0.39, 0.29) is 17.9 Å². The first-order chi connectivity index (χ1) is 7.18. The van der Waals surface area contributed by atoms with Gasteiger partial charge in [0.1, 0.15) is 0 Å². The molecule has 4 nitrogen and oxygen atoms in total. The van der Waals surface area contributed by atoms with Crippen molar-refractivity contribution < 1.29 is 9.90 Å². The van der Waals surface area contributed by atoms with Gasteiger partial charge in [0.2, 0.25) is 5.91 Å². The lowest BCUT2D eigenvalue weighted by molar-refractivity contribution is -0.123. The number of primary amides is 1. The van der Waals surface area contributed by atoms with Crippen LogP contribution in [0, 0.1) is 5.92 Å². The molecule has 0 unspecified atom stereocenters. The normalized spacial score (nSPS) is 34.5. The third-order valence-corrected chi connectivity index (χ3v) is 3.84. The fourth-order valence-electron chi connectivity index (χ4n) is 2.86. The number of amides is 1. The zero-order valence-electron chi connectivity index (χ0n) is 9.06. The van der Waals surface area contributed by atoms with Crippen molar-refractivity contribution in [3.8, 4) is 0 Å². The van der Waals surface area contributed by atoms with Crippen LogP contribution in [-0.2, 0) is 4.79 Å². The first-order valence-electron chi connectivity index (χ1n) is 5.90. The van der Waals surface area contributed by atoms with E-state index in [1.807, 2.05) is 0 Å². The molecule has 1 aliphatic heterocycles. The maximum Gasteiger partial charge on any atom is 0.220 e. The second-order valence-electron chi connectivity index (χ2n) is 4.78. The fraction of sp³-hybridized carbons (Fsp3) is 0.909. The van der Waals surface area contributed by atoms with Crippen LogP contribution in [0.1, 0.15) is 32.1 Å². The minimum Gasteiger partial charge on any atom is -0.391 e. The van der Waals surface area contributed by atoms with Crippen LogP contribution in [0.5, 0.6) is 0 Å². The smallest absolute Gasteiger partial charge is 0.220 e. The maximum absolute atomic E-state index is 11.0. The summed E-state index contributed by atoms with van der Waals surface area (Å²) >= 11 is 0. The maximum atomic E-state index is 11.0. The highest BCUT2D eigenvalue weighted by Crippen LogP contribution is 2.28. The molecule has 0 aromatic carbocycles. The Morgan fingerprint density at radius 3 is 2.33 bits per heavy atom. The molecule has 86 valence electrons. The second-order valence-corrected chi connectivity index (χ2v) is 4.78. The molecular formula is C11H20N2O2. The van der Waals surface area contributed by atoms with Crippen LogP contribution in [-0.4, -0.2) is 41.1 Å². The van der Waals surface area contributed by atoms with E-state index >= 15 is 0 Å². The van der Waals surface area contributed by atoms with Gasteiger partial charge >= 0.3 is 0 Å². The van der Waals surface area contributed by atoms with Gasteiger partial charge in [-0.2, -0.15) is 0 Å². The summed E-state index contributed by atoms with van der Waals surface area (Å²) in [4.78, 5) is 13.3. The Kier molecular flexibility index (Phi) is 3.26. The number of nitrogens with zero attached hydrogens (tertiary/aromatic N) is 1. The van der Waals surface area contributed by atoms with Gasteiger partial charge in [-0.05, 0) is 45.2 Å². The van der Waals surface area contributed by atoms with Crippen molar-refractivity contribution in [2.24, 2.45) is 11.7 Å². The van der Waals surface area contributed by atoms with Crippen LogP contribution < -0.4 is 5.73 Å². The second kappa shape index (κ2) is 4.49. The summed E-state index contributed by atoms with van der Waals surface area (Å²) in [5, 5.41) is 9.78. The molecule has 1 saturated carbocycles. The van der Waals surface area contributed by atoms with Crippen LogP contribution >= 0.6 is 0 Å². The van der Waals surface area contributed by atoms with Gasteiger partial charge in [0.25, 0.3) is 0 Å². The first-order valence-corrected chi connectivity index (χ1v) is 5.90. The lowest BCUT2D eigenvalue weighted by Crippen LogP contribution is -2.46. The summed E-state index contributed by atoms with van der Waals surface area (Å²) in [5.74, 6) is -0.110. The van der Waals surface area contributed by atoms with Gasteiger partial charge in [-0.25, -0.2) is 0 Å². The Labute approximate surface area is 90.4 Å². The SMILES string of the molecule is NC(=O)C1CCN([C@H]2CCC[C@@H]2O)CC1. The highest BCUT2D eigenvalue weighted by molar-refractivity contribution is 5.76. The predicted molar refractivity (Wildman–Crippen MR) is 57.1 cm³/mol. The highest BCUT2D eigenvalue weighted by atomic mass is 16.3. The monoisotopic (exact) mass is 212 g/mol. The molecule has 3 N–H and O–H groups in total. The lowest BCUT2D eigenvalue weighted by atomic mass is 9.95. The summed E-state index contributed by atoms with van der Waals surface area (Å²) in [6.07, 6.45) is 4.72. The molecule has 2 rings (SSSR count). The summed E-state index contributed by atoms with van der Waals surface area (Å²) in [5.41, 5.74) is 5.29. The zero-order valence-corrected chi connectivity index (χ0v) is 9.06. The quantitative estimate of drug-likeness (QED) is 0.682. The molecule has 1 saturated heterocycles. The summed E-state index contributed by atoms with van der Waals surface area (Å²) in [6, 6.07) is 0.332. The number of rotatable bonds is 2. The number of likely N-dealkylation sites (tertiary alicyclic amines) is 1. The van der Waals surface area contributed by atoms with E-state index in [4.69, 9.17) is 5.73 Å². The van der Waals surface area contributed by atoms with E-state index in [1.54, 1.807) is 0 Å². The zero-order chi connectivity index (χ0) is 10.8. The van der Waals surface area contributed by atoms with Crippen LogP contribution in [0.4, 0.5) is 0 Å². The van der Waals surface area contributed by atoms with Crippen molar-refractivity contribution in [2.75, 3.05) is 13.1 Å². The van der Waals surface area contributed by atoms with Crippen molar-refractivity contribution in [1.82, 2.24) is 4.90 Å². The molecule has 1 heterocycles. The molecule has 4 heteroatoms. The molecule has 2 fully saturated rings. The van der Waals surface area contributed by atoms with Crippen LogP contribution in [0.3, 0.4) is 0 Å². The predicted octanol–water partition coefficient (Wildman–Crippen LogP) is 0.0971. The summed E-state index contributed by atoms with van der Waals surface area (Å²) in [6.45, 7) is 1.82. The number of aliphatic hydroxyl groups excluding tert-OH is 1.